The van der Waals surface area contributed by atoms with Crippen LogP contribution < -0.4 is 5.32 Å². The molecule has 0 aromatic carbocycles. The zero-order valence-electron chi connectivity index (χ0n) is 13.5. The predicted molar refractivity (Wildman–Crippen MR) is 85.1 cm³/mol. The molecule has 1 N–H and O–H groups in total. The molecule has 0 spiro atoms. The first-order valence-electron chi connectivity index (χ1n) is 8.98. The zero-order valence-corrected chi connectivity index (χ0v) is 13.5. The van der Waals surface area contributed by atoms with Gasteiger partial charge < -0.3 is 15.1 Å². The molecule has 3 fully saturated rings. The van der Waals surface area contributed by atoms with Crippen molar-refractivity contribution in [3.63, 3.8) is 0 Å². The van der Waals surface area contributed by atoms with Crippen LogP contribution in [-0.4, -0.2) is 60.6 Å². The fourth-order valence-electron chi connectivity index (χ4n) is 4.65. The van der Waals surface area contributed by atoms with Gasteiger partial charge in [0.05, 0.1) is 0 Å². The topological polar surface area (TPSA) is 18.5 Å². The minimum absolute atomic E-state index is 0.715. The van der Waals surface area contributed by atoms with Gasteiger partial charge in [0.15, 0.2) is 0 Å². The summed E-state index contributed by atoms with van der Waals surface area (Å²) in [6.07, 6.45) is 8.44. The van der Waals surface area contributed by atoms with E-state index < -0.39 is 0 Å². The largest absolute Gasteiger partial charge is 0.311 e. The predicted octanol–water partition coefficient (Wildman–Crippen LogP) is 2.32. The van der Waals surface area contributed by atoms with Gasteiger partial charge >= 0.3 is 0 Å². The van der Waals surface area contributed by atoms with E-state index in [0.29, 0.717) is 6.04 Å². The van der Waals surface area contributed by atoms with Crippen molar-refractivity contribution in [1.82, 2.24) is 15.1 Å². The van der Waals surface area contributed by atoms with Crippen LogP contribution in [0.5, 0.6) is 0 Å². The molecule has 0 aromatic rings. The van der Waals surface area contributed by atoms with Crippen LogP contribution in [0.4, 0.5) is 0 Å². The fraction of sp³-hybridized carbons (Fsp3) is 1.00. The van der Waals surface area contributed by atoms with Crippen molar-refractivity contribution < 1.29 is 0 Å². The number of hydrogen-bond donors (Lipinski definition) is 1. The Morgan fingerprint density at radius 1 is 1.05 bits per heavy atom. The summed E-state index contributed by atoms with van der Waals surface area (Å²) in [7, 11) is 0. The van der Waals surface area contributed by atoms with Crippen molar-refractivity contribution in [2.75, 3.05) is 32.7 Å². The van der Waals surface area contributed by atoms with Crippen molar-refractivity contribution in [2.24, 2.45) is 5.92 Å². The molecule has 0 radical (unpaired) electrons. The summed E-state index contributed by atoms with van der Waals surface area (Å²) in [4.78, 5) is 5.32. The van der Waals surface area contributed by atoms with Crippen LogP contribution in [0.3, 0.4) is 0 Å². The Hall–Kier alpha value is -0.120. The first-order valence-corrected chi connectivity index (χ1v) is 8.98. The third kappa shape index (κ3) is 3.37. The van der Waals surface area contributed by atoms with Gasteiger partial charge in [-0.25, -0.2) is 0 Å². The molecule has 0 amide bonds. The maximum absolute atomic E-state index is 3.99. The van der Waals surface area contributed by atoms with E-state index in [1.807, 2.05) is 0 Å². The lowest BCUT2D eigenvalue weighted by atomic mass is 9.88. The summed E-state index contributed by atoms with van der Waals surface area (Å²) in [6.45, 7) is 11.3. The van der Waals surface area contributed by atoms with Gasteiger partial charge in [0.2, 0.25) is 0 Å². The van der Waals surface area contributed by atoms with E-state index in [1.165, 1.54) is 71.2 Å². The number of piperidine rings is 2. The highest BCUT2D eigenvalue weighted by atomic mass is 15.2. The number of nitrogens with zero attached hydrogens (tertiary/aromatic N) is 2. The maximum Gasteiger partial charge on any atom is 0.0111 e. The molecule has 0 aliphatic carbocycles. The van der Waals surface area contributed by atoms with E-state index in [9.17, 15) is 0 Å². The van der Waals surface area contributed by atoms with Gasteiger partial charge in [0.1, 0.15) is 0 Å². The molecule has 0 aromatic heterocycles. The molecule has 3 saturated heterocycles. The molecule has 116 valence electrons. The van der Waals surface area contributed by atoms with Crippen LogP contribution in [0.1, 0.15) is 52.4 Å². The minimum Gasteiger partial charge on any atom is -0.311 e. The average molecular weight is 279 g/mol. The highest BCUT2D eigenvalue weighted by molar-refractivity contribution is 4.91. The number of rotatable bonds is 4. The highest BCUT2D eigenvalue weighted by Gasteiger charge is 2.33. The lowest BCUT2D eigenvalue weighted by Gasteiger charge is -2.40. The quantitative estimate of drug-likeness (QED) is 0.852. The second kappa shape index (κ2) is 6.76. The fourth-order valence-corrected chi connectivity index (χ4v) is 4.65. The summed E-state index contributed by atoms with van der Waals surface area (Å²) in [5, 5.41) is 3.99. The van der Waals surface area contributed by atoms with E-state index in [0.717, 1.165) is 18.0 Å². The third-order valence-corrected chi connectivity index (χ3v) is 6.11. The van der Waals surface area contributed by atoms with Crippen molar-refractivity contribution in [1.29, 1.82) is 0 Å². The van der Waals surface area contributed by atoms with Crippen LogP contribution in [0.25, 0.3) is 0 Å². The molecule has 3 heteroatoms. The summed E-state index contributed by atoms with van der Waals surface area (Å²) in [5.41, 5.74) is 0. The van der Waals surface area contributed by atoms with Gasteiger partial charge in [-0.2, -0.15) is 0 Å². The summed E-state index contributed by atoms with van der Waals surface area (Å²) < 4.78 is 0. The van der Waals surface area contributed by atoms with Gasteiger partial charge in [-0.15, -0.1) is 0 Å². The van der Waals surface area contributed by atoms with Crippen molar-refractivity contribution >= 4 is 0 Å². The smallest absolute Gasteiger partial charge is 0.0111 e. The lowest BCUT2D eigenvalue weighted by Crippen LogP contribution is -2.50. The van der Waals surface area contributed by atoms with E-state index in [-0.39, 0.29) is 0 Å². The van der Waals surface area contributed by atoms with E-state index in [2.05, 4.69) is 29.0 Å². The van der Waals surface area contributed by atoms with Crippen molar-refractivity contribution in [2.45, 2.75) is 70.5 Å². The molecule has 0 bridgehead atoms. The number of hydrogen-bond acceptors (Lipinski definition) is 3. The van der Waals surface area contributed by atoms with Gasteiger partial charge in [-0.1, -0.05) is 6.92 Å². The number of likely N-dealkylation sites (tertiary alicyclic amines) is 1. The Labute approximate surface area is 125 Å². The molecular weight excluding hydrogens is 246 g/mol. The minimum atomic E-state index is 0.715. The Balaban J connectivity index is 1.43. The van der Waals surface area contributed by atoms with Crippen LogP contribution in [-0.2, 0) is 0 Å². The van der Waals surface area contributed by atoms with Crippen LogP contribution in [0.15, 0.2) is 0 Å². The SMILES string of the molecule is CCN1CCC(C(C)NC2CCN3CCCC3C2)CC1. The molecular formula is C17H33N3. The molecule has 3 aliphatic rings. The standard InChI is InChI=1S/C17H33N3/c1-3-19-10-6-15(7-11-19)14(2)18-16-8-12-20-9-4-5-17(20)13-16/h14-18H,3-13H2,1-2H3. The Kier molecular flexibility index (Phi) is 5.00. The Morgan fingerprint density at radius 2 is 1.85 bits per heavy atom. The molecule has 0 saturated carbocycles. The number of nitrogens with one attached hydrogen (secondary N) is 1. The first kappa shape index (κ1) is 14.8. The second-order valence-corrected chi connectivity index (χ2v) is 7.28. The Bertz CT molecular complexity index is 299. The van der Waals surface area contributed by atoms with Gasteiger partial charge in [-0.05, 0) is 84.1 Å². The van der Waals surface area contributed by atoms with E-state index in [1.54, 1.807) is 0 Å². The molecule has 3 nitrogen and oxygen atoms in total. The summed E-state index contributed by atoms with van der Waals surface area (Å²) >= 11 is 0. The third-order valence-electron chi connectivity index (χ3n) is 6.11. The van der Waals surface area contributed by atoms with Gasteiger partial charge in [0, 0.05) is 18.1 Å². The van der Waals surface area contributed by atoms with Crippen LogP contribution >= 0.6 is 0 Å². The average Bonchev–Trinajstić information content (AvgIpc) is 2.95. The maximum atomic E-state index is 3.99. The summed E-state index contributed by atoms with van der Waals surface area (Å²) in [5.74, 6) is 0.902. The monoisotopic (exact) mass is 279 g/mol. The number of fused-ring (bicyclic) bond motifs is 1. The second-order valence-electron chi connectivity index (χ2n) is 7.28. The van der Waals surface area contributed by atoms with Gasteiger partial charge in [0.25, 0.3) is 0 Å². The zero-order chi connectivity index (χ0) is 13.9. The van der Waals surface area contributed by atoms with E-state index in [4.69, 9.17) is 0 Å². The molecule has 3 unspecified atom stereocenters. The van der Waals surface area contributed by atoms with Crippen LogP contribution in [0, 0.1) is 5.92 Å². The first-order chi connectivity index (χ1) is 9.76. The van der Waals surface area contributed by atoms with Crippen molar-refractivity contribution in [3.8, 4) is 0 Å². The lowest BCUT2D eigenvalue weighted by molar-refractivity contribution is 0.134. The molecule has 3 rings (SSSR count). The molecule has 3 aliphatic heterocycles. The molecule has 3 heterocycles. The highest BCUT2D eigenvalue weighted by Crippen LogP contribution is 2.28. The molecule has 20 heavy (non-hydrogen) atoms. The molecule has 3 atom stereocenters. The van der Waals surface area contributed by atoms with Crippen LogP contribution in [0.2, 0.25) is 0 Å². The summed E-state index contributed by atoms with van der Waals surface area (Å²) in [6, 6.07) is 2.40. The van der Waals surface area contributed by atoms with Crippen molar-refractivity contribution in [3.05, 3.63) is 0 Å². The Morgan fingerprint density at radius 3 is 2.60 bits per heavy atom. The van der Waals surface area contributed by atoms with E-state index >= 15 is 0 Å². The normalized spacial score (nSPS) is 35.1. The van der Waals surface area contributed by atoms with Gasteiger partial charge in [-0.3, -0.25) is 0 Å².